The predicted octanol–water partition coefficient (Wildman–Crippen LogP) is 13.8. The summed E-state index contributed by atoms with van der Waals surface area (Å²) in [7, 11) is 0. The molecule has 10 aromatic rings. The molecule has 0 spiro atoms. The highest BCUT2D eigenvalue weighted by molar-refractivity contribution is 6.30. The van der Waals surface area contributed by atoms with Crippen molar-refractivity contribution in [2.24, 2.45) is 0 Å². The van der Waals surface area contributed by atoms with Gasteiger partial charge in [-0.05, 0) is 64.7 Å². The maximum Gasteiger partial charge on any atom is 0.160 e. The first-order chi connectivity index (χ1) is 25.8. The zero-order valence-corrected chi connectivity index (χ0v) is 28.3. The van der Waals surface area contributed by atoms with Crippen molar-refractivity contribution in [2.75, 3.05) is 4.90 Å². The molecule has 2 aromatic heterocycles. The second-order valence-corrected chi connectivity index (χ2v) is 13.1. The SMILES string of the molecule is c1ccc(-c2ccc(N(c3cccc(-c4ccccc4)c3)c3cc4c(-c5ccccc5)nc5ccccc5c4c4c3oc3ccccc34)cc2)cc1. The minimum absolute atomic E-state index is 0.835. The largest absolute Gasteiger partial charge is 0.454 e. The molecule has 0 aliphatic rings. The van der Waals surface area contributed by atoms with E-state index in [1.807, 2.05) is 6.07 Å². The minimum atomic E-state index is 0.835. The zero-order valence-electron chi connectivity index (χ0n) is 28.3. The molecule has 0 aliphatic heterocycles. The van der Waals surface area contributed by atoms with Crippen molar-refractivity contribution in [3.63, 3.8) is 0 Å². The van der Waals surface area contributed by atoms with Crippen molar-refractivity contribution in [1.29, 1.82) is 0 Å². The van der Waals surface area contributed by atoms with Gasteiger partial charge < -0.3 is 9.32 Å². The van der Waals surface area contributed by atoms with E-state index in [2.05, 4.69) is 193 Å². The number of rotatable bonds is 6. The van der Waals surface area contributed by atoms with Crippen LogP contribution in [-0.4, -0.2) is 4.98 Å². The van der Waals surface area contributed by atoms with Crippen LogP contribution in [0.5, 0.6) is 0 Å². The lowest BCUT2D eigenvalue weighted by Gasteiger charge is -2.27. The quantitative estimate of drug-likeness (QED) is 0.166. The van der Waals surface area contributed by atoms with Crippen LogP contribution in [0.2, 0.25) is 0 Å². The van der Waals surface area contributed by atoms with Gasteiger partial charge >= 0.3 is 0 Å². The molecule has 0 unspecified atom stereocenters. The number of nitrogens with zero attached hydrogens (tertiary/aromatic N) is 2. The van der Waals surface area contributed by atoms with Gasteiger partial charge in [-0.3, -0.25) is 0 Å². The van der Waals surface area contributed by atoms with Gasteiger partial charge in [0.05, 0.1) is 16.9 Å². The van der Waals surface area contributed by atoms with Crippen LogP contribution in [0.4, 0.5) is 17.1 Å². The first kappa shape index (κ1) is 29.9. The fourth-order valence-corrected chi connectivity index (χ4v) is 7.61. The molecule has 8 aromatic carbocycles. The topological polar surface area (TPSA) is 29.3 Å². The molecule has 0 saturated carbocycles. The average Bonchev–Trinajstić information content (AvgIpc) is 3.62. The Balaban J connectivity index is 1.32. The standard InChI is InChI=1S/C49H32N2O/c1-4-15-33(16-5-1)35-27-29-38(30-28-35)51(39-22-14-21-37(31-39)34-17-6-2-7-18-34)44-32-42-46(47-41-24-11-13-26-45(41)52-49(44)47)40-23-10-12-25-43(40)50-48(42)36-19-8-3-9-20-36/h1-32H. The summed E-state index contributed by atoms with van der Waals surface area (Å²) in [4.78, 5) is 7.68. The van der Waals surface area contributed by atoms with E-state index in [9.17, 15) is 0 Å². The zero-order chi connectivity index (χ0) is 34.4. The number of aromatic nitrogens is 1. The van der Waals surface area contributed by atoms with E-state index < -0.39 is 0 Å². The van der Waals surface area contributed by atoms with Gasteiger partial charge in [-0.1, -0.05) is 152 Å². The Morgan fingerprint density at radius 3 is 1.69 bits per heavy atom. The number of fused-ring (bicyclic) bond motifs is 7. The highest BCUT2D eigenvalue weighted by Gasteiger charge is 2.25. The van der Waals surface area contributed by atoms with E-state index in [1.165, 1.54) is 5.56 Å². The van der Waals surface area contributed by atoms with Crippen LogP contribution in [0.25, 0.3) is 77.1 Å². The Hall–Kier alpha value is -6.97. The predicted molar refractivity (Wildman–Crippen MR) is 218 cm³/mol. The molecule has 3 nitrogen and oxygen atoms in total. The van der Waals surface area contributed by atoms with Crippen molar-refractivity contribution in [2.45, 2.75) is 0 Å². The van der Waals surface area contributed by atoms with Crippen molar-refractivity contribution in [1.82, 2.24) is 4.98 Å². The minimum Gasteiger partial charge on any atom is -0.454 e. The third-order valence-corrected chi connectivity index (χ3v) is 10.0. The number of para-hydroxylation sites is 2. The van der Waals surface area contributed by atoms with E-state index in [1.54, 1.807) is 0 Å². The summed E-state index contributed by atoms with van der Waals surface area (Å²) in [6.45, 7) is 0. The third kappa shape index (κ3) is 5.02. The third-order valence-electron chi connectivity index (χ3n) is 10.0. The molecule has 3 heteroatoms. The van der Waals surface area contributed by atoms with Gasteiger partial charge in [0.1, 0.15) is 5.58 Å². The van der Waals surface area contributed by atoms with Crippen molar-refractivity contribution in [3.8, 4) is 33.5 Å². The van der Waals surface area contributed by atoms with Gasteiger partial charge in [0.2, 0.25) is 0 Å². The Labute approximate surface area is 301 Å². The van der Waals surface area contributed by atoms with E-state index in [0.717, 1.165) is 88.6 Å². The number of hydrogen-bond donors (Lipinski definition) is 0. The summed E-state index contributed by atoms with van der Waals surface area (Å²) in [5.41, 5.74) is 12.3. The van der Waals surface area contributed by atoms with Crippen LogP contribution in [0, 0.1) is 0 Å². The summed E-state index contributed by atoms with van der Waals surface area (Å²) in [6.07, 6.45) is 0. The van der Waals surface area contributed by atoms with Gasteiger partial charge in [-0.25, -0.2) is 4.98 Å². The van der Waals surface area contributed by atoms with Crippen molar-refractivity contribution < 1.29 is 4.42 Å². The second-order valence-electron chi connectivity index (χ2n) is 13.1. The maximum absolute atomic E-state index is 6.96. The molecule has 0 amide bonds. The molecule has 0 aliphatic carbocycles. The molecule has 10 rings (SSSR count). The first-order valence-electron chi connectivity index (χ1n) is 17.6. The van der Waals surface area contributed by atoms with Crippen molar-refractivity contribution >= 4 is 60.7 Å². The van der Waals surface area contributed by atoms with Gasteiger partial charge in [0, 0.05) is 43.9 Å². The number of furan rings is 1. The van der Waals surface area contributed by atoms with E-state index >= 15 is 0 Å². The molecule has 0 N–H and O–H groups in total. The summed E-state index contributed by atoms with van der Waals surface area (Å²) in [5, 5.41) is 5.49. The smallest absolute Gasteiger partial charge is 0.160 e. The normalized spacial score (nSPS) is 11.5. The molecule has 0 bridgehead atoms. The molecule has 0 atom stereocenters. The van der Waals surface area contributed by atoms with E-state index in [-0.39, 0.29) is 0 Å². The van der Waals surface area contributed by atoms with Gasteiger partial charge in [-0.2, -0.15) is 0 Å². The lowest BCUT2D eigenvalue weighted by molar-refractivity contribution is 0.669. The van der Waals surface area contributed by atoms with E-state index in [4.69, 9.17) is 9.40 Å². The summed E-state index contributed by atoms with van der Waals surface area (Å²) < 4.78 is 6.96. The lowest BCUT2D eigenvalue weighted by atomic mass is 9.94. The fraction of sp³-hybridized carbons (Fsp3) is 0. The molecule has 0 radical (unpaired) electrons. The van der Waals surface area contributed by atoms with Crippen LogP contribution >= 0.6 is 0 Å². The summed E-state index contributed by atoms with van der Waals surface area (Å²) in [5.74, 6) is 0. The van der Waals surface area contributed by atoms with Crippen LogP contribution in [0.1, 0.15) is 0 Å². The van der Waals surface area contributed by atoms with E-state index in [0.29, 0.717) is 0 Å². The molecular weight excluding hydrogens is 633 g/mol. The van der Waals surface area contributed by atoms with Crippen LogP contribution in [0.15, 0.2) is 199 Å². The first-order valence-corrected chi connectivity index (χ1v) is 17.6. The number of hydrogen-bond acceptors (Lipinski definition) is 3. The summed E-state index contributed by atoms with van der Waals surface area (Å²) in [6, 6.07) is 68.4. The Bertz CT molecular complexity index is 2880. The number of benzene rings is 8. The van der Waals surface area contributed by atoms with Crippen LogP contribution in [0.3, 0.4) is 0 Å². The Morgan fingerprint density at radius 2 is 0.962 bits per heavy atom. The molecule has 52 heavy (non-hydrogen) atoms. The molecular formula is C49H32N2O. The average molecular weight is 665 g/mol. The molecule has 244 valence electrons. The monoisotopic (exact) mass is 664 g/mol. The van der Waals surface area contributed by atoms with Crippen molar-refractivity contribution in [3.05, 3.63) is 194 Å². The molecule has 2 heterocycles. The highest BCUT2D eigenvalue weighted by Crippen LogP contribution is 2.49. The molecule has 0 fully saturated rings. The second kappa shape index (κ2) is 12.4. The van der Waals surface area contributed by atoms with Gasteiger partial charge in [-0.15, -0.1) is 0 Å². The van der Waals surface area contributed by atoms with Gasteiger partial charge in [0.25, 0.3) is 0 Å². The fourth-order valence-electron chi connectivity index (χ4n) is 7.61. The Kier molecular flexibility index (Phi) is 7.14. The maximum atomic E-state index is 6.96. The Morgan fingerprint density at radius 1 is 0.385 bits per heavy atom. The summed E-state index contributed by atoms with van der Waals surface area (Å²) >= 11 is 0. The highest BCUT2D eigenvalue weighted by atomic mass is 16.3. The number of pyridine rings is 1. The molecule has 0 saturated heterocycles. The van der Waals surface area contributed by atoms with Crippen LogP contribution in [-0.2, 0) is 0 Å². The number of anilines is 3. The lowest BCUT2D eigenvalue weighted by Crippen LogP contribution is -2.11. The van der Waals surface area contributed by atoms with Gasteiger partial charge in [0.15, 0.2) is 5.58 Å². The van der Waals surface area contributed by atoms with Crippen LogP contribution < -0.4 is 4.90 Å².